The second-order valence-electron chi connectivity index (χ2n) is 8.37. The van der Waals surface area contributed by atoms with Crippen molar-refractivity contribution in [2.45, 2.75) is 45.2 Å². The second kappa shape index (κ2) is 12.7. The fraction of sp³-hybridized carbons (Fsp3) is 0.385. The Hall–Kier alpha value is -3.92. The van der Waals surface area contributed by atoms with Crippen LogP contribution in [0.3, 0.4) is 0 Å². The highest BCUT2D eigenvalue weighted by molar-refractivity contribution is 5.92. The summed E-state index contributed by atoms with van der Waals surface area (Å²) >= 11 is 0. The zero-order valence-electron chi connectivity index (χ0n) is 20.5. The summed E-state index contributed by atoms with van der Waals surface area (Å²) in [5.74, 6) is -1.60. The van der Waals surface area contributed by atoms with Crippen molar-refractivity contribution in [1.29, 1.82) is 0 Å². The van der Waals surface area contributed by atoms with Gasteiger partial charge in [-0.2, -0.15) is 4.98 Å². The number of aromatic carboxylic acids is 1. The smallest absolute Gasteiger partial charge is 0.337 e. The highest BCUT2D eigenvalue weighted by Gasteiger charge is 2.16. The van der Waals surface area contributed by atoms with Crippen LogP contribution in [0.2, 0.25) is 0 Å². The molecule has 1 amide bonds. The minimum Gasteiger partial charge on any atom is -0.478 e. The third-order valence-electron chi connectivity index (χ3n) is 5.85. The molecule has 10 heteroatoms. The van der Waals surface area contributed by atoms with Crippen LogP contribution in [0.4, 0.5) is 0 Å². The number of rotatable bonds is 7. The number of benzene rings is 2. The van der Waals surface area contributed by atoms with Crippen molar-refractivity contribution in [3.8, 4) is 6.01 Å². The Morgan fingerprint density at radius 3 is 2.47 bits per heavy atom. The van der Waals surface area contributed by atoms with Crippen LogP contribution in [-0.4, -0.2) is 58.8 Å². The highest BCUT2D eigenvalue weighted by Crippen LogP contribution is 2.24. The summed E-state index contributed by atoms with van der Waals surface area (Å²) < 4.78 is 12.1. The molecule has 10 nitrogen and oxygen atoms in total. The largest absolute Gasteiger partial charge is 0.478 e. The molecule has 1 saturated heterocycles. The fourth-order valence-corrected chi connectivity index (χ4v) is 3.94. The number of methoxy groups -OCH3 is 1. The van der Waals surface area contributed by atoms with Crippen molar-refractivity contribution in [3.05, 3.63) is 59.2 Å². The number of carbonyl (C=O) groups is 3. The van der Waals surface area contributed by atoms with Gasteiger partial charge < -0.3 is 25.6 Å². The lowest BCUT2D eigenvalue weighted by atomic mass is 10.1. The molecule has 1 aliphatic rings. The van der Waals surface area contributed by atoms with Gasteiger partial charge in [-0.05, 0) is 62.2 Å². The molecular weight excluding hydrogens is 464 g/mol. The quantitative estimate of drug-likeness (QED) is 0.423. The van der Waals surface area contributed by atoms with Crippen molar-refractivity contribution in [1.82, 2.24) is 14.9 Å². The van der Waals surface area contributed by atoms with Crippen molar-refractivity contribution in [3.63, 3.8) is 0 Å². The molecular formula is C26H32N4O6. The third kappa shape index (κ3) is 6.82. The van der Waals surface area contributed by atoms with E-state index in [-0.39, 0.29) is 17.5 Å². The van der Waals surface area contributed by atoms with Gasteiger partial charge in [-0.15, -0.1) is 0 Å². The van der Waals surface area contributed by atoms with Crippen molar-refractivity contribution >= 4 is 28.9 Å². The number of amides is 1. The van der Waals surface area contributed by atoms with Gasteiger partial charge >= 0.3 is 11.9 Å². The van der Waals surface area contributed by atoms with E-state index in [2.05, 4.69) is 10.3 Å². The van der Waals surface area contributed by atoms with E-state index in [0.29, 0.717) is 35.8 Å². The molecule has 0 radical (unpaired) electrons. The van der Waals surface area contributed by atoms with Crippen molar-refractivity contribution in [2.24, 2.45) is 5.73 Å². The van der Waals surface area contributed by atoms with E-state index >= 15 is 0 Å². The Kier molecular flexibility index (Phi) is 9.40. The lowest BCUT2D eigenvalue weighted by Gasteiger charge is -2.10. The number of imidazole rings is 1. The molecule has 2 heterocycles. The van der Waals surface area contributed by atoms with E-state index in [4.69, 9.17) is 15.2 Å². The summed E-state index contributed by atoms with van der Waals surface area (Å²) in [4.78, 5) is 37.9. The number of hydrogen-bond donors (Lipinski definition) is 3. The van der Waals surface area contributed by atoms with Crippen LogP contribution in [-0.2, 0) is 16.1 Å². The Morgan fingerprint density at radius 1 is 1.11 bits per heavy atom. The lowest BCUT2D eigenvalue weighted by molar-refractivity contribution is -0.120. The minimum absolute atomic E-state index is 0.0671. The molecule has 1 aromatic heterocycles. The highest BCUT2D eigenvalue weighted by atomic mass is 16.5. The molecule has 4 N–H and O–H groups in total. The van der Waals surface area contributed by atoms with Crippen LogP contribution in [0.25, 0.3) is 11.0 Å². The zero-order valence-corrected chi connectivity index (χ0v) is 20.5. The zero-order chi connectivity index (χ0) is 26.1. The van der Waals surface area contributed by atoms with Gasteiger partial charge in [0.2, 0.25) is 5.91 Å². The topological polar surface area (TPSA) is 146 Å². The number of nitrogens with two attached hydrogens (primary N) is 1. The van der Waals surface area contributed by atoms with Gasteiger partial charge in [0.1, 0.15) is 0 Å². The Labute approximate surface area is 209 Å². The average Bonchev–Trinajstić information content (AvgIpc) is 3.03. The molecule has 192 valence electrons. The lowest BCUT2D eigenvalue weighted by Crippen LogP contribution is -2.40. The molecule has 0 bridgehead atoms. The summed E-state index contributed by atoms with van der Waals surface area (Å²) in [5, 5.41) is 12.3. The van der Waals surface area contributed by atoms with Crippen LogP contribution in [0.15, 0.2) is 42.5 Å². The van der Waals surface area contributed by atoms with Crippen molar-refractivity contribution in [2.75, 3.05) is 20.3 Å². The molecule has 0 spiro atoms. The summed E-state index contributed by atoms with van der Waals surface area (Å²) in [6, 6.07) is 12.1. The number of nitrogens with zero attached hydrogens (tertiary/aromatic N) is 2. The number of carboxylic acid groups (broad SMARTS) is 1. The first-order valence-corrected chi connectivity index (χ1v) is 11.9. The fourth-order valence-electron chi connectivity index (χ4n) is 3.94. The van der Waals surface area contributed by atoms with Crippen LogP contribution in [0, 0.1) is 0 Å². The van der Waals surface area contributed by atoms with Crippen LogP contribution >= 0.6 is 0 Å². The number of aromatic nitrogens is 2. The molecule has 0 aliphatic carbocycles. The van der Waals surface area contributed by atoms with E-state index in [1.165, 1.54) is 26.0 Å². The van der Waals surface area contributed by atoms with Gasteiger partial charge in [-0.1, -0.05) is 25.0 Å². The average molecular weight is 497 g/mol. The van der Waals surface area contributed by atoms with E-state index in [9.17, 15) is 19.5 Å². The summed E-state index contributed by atoms with van der Waals surface area (Å²) in [6.45, 7) is 3.66. The maximum absolute atomic E-state index is 11.5. The molecule has 1 aliphatic heterocycles. The Morgan fingerprint density at radius 2 is 1.83 bits per heavy atom. The summed E-state index contributed by atoms with van der Waals surface area (Å²) in [7, 11) is 1.34. The molecule has 3 aromatic rings. The maximum atomic E-state index is 11.5. The molecule has 1 atom stereocenters. The number of nitrogens with one attached hydrogen (secondary N) is 1. The van der Waals surface area contributed by atoms with Crippen molar-refractivity contribution < 1.29 is 29.0 Å². The molecule has 36 heavy (non-hydrogen) atoms. The van der Waals surface area contributed by atoms with Gasteiger partial charge in [-0.3, -0.25) is 9.36 Å². The van der Waals surface area contributed by atoms with Gasteiger partial charge in [-0.25, -0.2) is 9.59 Å². The van der Waals surface area contributed by atoms with Crippen LogP contribution in [0.1, 0.15) is 58.9 Å². The number of hydrogen-bond acceptors (Lipinski definition) is 7. The molecule has 0 saturated carbocycles. The second-order valence-corrected chi connectivity index (χ2v) is 8.37. The van der Waals surface area contributed by atoms with Gasteiger partial charge in [0.05, 0.1) is 48.5 Å². The van der Waals surface area contributed by atoms with Crippen LogP contribution in [0.5, 0.6) is 6.01 Å². The number of carbonyl (C=O) groups excluding carboxylic acids is 2. The van der Waals surface area contributed by atoms with E-state index < -0.39 is 11.9 Å². The van der Waals surface area contributed by atoms with E-state index in [1.54, 1.807) is 24.3 Å². The normalized spacial score (nSPS) is 15.3. The predicted molar refractivity (Wildman–Crippen MR) is 134 cm³/mol. The standard InChI is InChI=1S/C19H18N2O5.C7H14N2O/c1-3-26-19-20-15-9-8-14(17(22)23)10-16(15)21(19)11-12-4-6-13(7-5-12)18(24)25-2;8-7(10)6-4-2-1-3-5-9-6/h4-10H,3,11H2,1-2H3,(H,22,23);6,9H,1-5H2,(H2,8,10). The number of ether oxygens (including phenoxy) is 2. The molecule has 1 fully saturated rings. The minimum atomic E-state index is -1.000. The third-order valence-corrected chi connectivity index (χ3v) is 5.85. The number of primary amides is 1. The summed E-state index contributed by atoms with van der Waals surface area (Å²) in [5.41, 5.74) is 8.03. The Bertz CT molecular complexity index is 1200. The SMILES string of the molecule is CCOc1nc2ccc(C(=O)O)cc2n1Cc1ccc(C(=O)OC)cc1.NC(=O)C1CCCCCN1. The first-order valence-electron chi connectivity index (χ1n) is 11.9. The number of fused-ring (bicyclic) bond motifs is 1. The first kappa shape index (κ1) is 26.7. The summed E-state index contributed by atoms with van der Waals surface area (Å²) in [6.07, 6.45) is 4.43. The number of carboxylic acids is 1. The first-order chi connectivity index (χ1) is 17.3. The number of esters is 1. The predicted octanol–water partition coefficient (Wildman–Crippen LogP) is 2.97. The Balaban J connectivity index is 0.000000303. The van der Waals surface area contributed by atoms with Gasteiger partial charge in [0, 0.05) is 0 Å². The molecule has 2 aromatic carbocycles. The molecule has 1 unspecified atom stereocenters. The van der Waals surface area contributed by atoms with E-state index in [0.717, 1.165) is 24.9 Å². The van der Waals surface area contributed by atoms with Crippen LogP contribution < -0.4 is 15.8 Å². The maximum Gasteiger partial charge on any atom is 0.337 e. The van der Waals surface area contributed by atoms with Gasteiger partial charge in [0.15, 0.2) is 0 Å². The monoisotopic (exact) mass is 496 g/mol. The van der Waals surface area contributed by atoms with E-state index in [1.807, 2.05) is 23.6 Å². The van der Waals surface area contributed by atoms with Gasteiger partial charge in [0.25, 0.3) is 6.01 Å². The molecule has 4 rings (SSSR count).